The Kier molecular flexibility index (Phi) is 4.02. The SMILES string of the molecule is CC(C#N)NC(C)CO. The first-order valence-corrected chi connectivity index (χ1v) is 2.97. The number of nitriles is 1. The first-order chi connectivity index (χ1) is 4.20. The Morgan fingerprint density at radius 3 is 2.56 bits per heavy atom. The summed E-state index contributed by atoms with van der Waals surface area (Å²) in [6, 6.07) is 1.85. The highest BCUT2D eigenvalue weighted by molar-refractivity contribution is 4.86. The van der Waals surface area contributed by atoms with E-state index >= 15 is 0 Å². The van der Waals surface area contributed by atoms with Crippen LogP contribution < -0.4 is 5.32 Å². The third-order valence-corrected chi connectivity index (χ3v) is 1.00. The lowest BCUT2D eigenvalue weighted by atomic mass is 10.3. The molecule has 9 heavy (non-hydrogen) atoms. The van der Waals surface area contributed by atoms with Crippen molar-refractivity contribution in [1.29, 1.82) is 5.26 Å². The molecule has 0 bridgehead atoms. The fraction of sp³-hybridized carbons (Fsp3) is 0.833. The van der Waals surface area contributed by atoms with Gasteiger partial charge in [-0.15, -0.1) is 0 Å². The molecule has 2 N–H and O–H groups in total. The van der Waals surface area contributed by atoms with Crippen molar-refractivity contribution in [1.82, 2.24) is 5.32 Å². The molecule has 0 amide bonds. The molecule has 0 aromatic heterocycles. The Hall–Kier alpha value is -0.590. The summed E-state index contributed by atoms with van der Waals surface area (Å²) in [7, 11) is 0. The van der Waals surface area contributed by atoms with E-state index in [9.17, 15) is 0 Å². The molecule has 0 saturated heterocycles. The van der Waals surface area contributed by atoms with Crippen LogP contribution in [-0.4, -0.2) is 23.8 Å². The Morgan fingerprint density at radius 1 is 1.67 bits per heavy atom. The van der Waals surface area contributed by atoms with Gasteiger partial charge in [-0.1, -0.05) is 0 Å². The van der Waals surface area contributed by atoms with E-state index in [0.717, 1.165) is 0 Å². The summed E-state index contributed by atoms with van der Waals surface area (Å²) < 4.78 is 0. The van der Waals surface area contributed by atoms with Crippen molar-refractivity contribution in [2.75, 3.05) is 6.61 Å². The fourth-order valence-corrected chi connectivity index (χ4v) is 0.517. The minimum atomic E-state index is -0.174. The van der Waals surface area contributed by atoms with Crippen molar-refractivity contribution in [2.24, 2.45) is 0 Å². The van der Waals surface area contributed by atoms with Crippen molar-refractivity contribution in [2.45, 2.75) is 25.9 Å². The second-order valence-corrected chi connectivity index (χ2v) is 2.10. The molecular weight excluding hydrogens is 116 g/mol. The summed E-state index contributed by atoms with van der Waals surface area (Å²) in [6.45, 7) is 3.66. The molecule has 0 radical (unpaired) electrons. The number of nitrogens with zero attached hydrogens (tertiary/aromatic N) is 1. The number of hydrogen-bond donors (Lipinski definition) is 2. The van der Waals surface area contributed by atoms with Gasteiger partial charge in [-0.2, -0.15) is 5.26 Å². The van der Waals surface area contributed by atoms with Gasteiger partial charge in [0.2, 0.25) is 0 Å². The topological polar surface area (TPSA) is 56.0 Å². The summed E-state index contributed by atoms with van der Waals surface area (Å²) in [5, 5.41) is 19.7. The number of hydrogen-bond acceptors (Lipinski definition) is 3. The van der Waals surface area contributed by atoms with Gasteiger partial charge in [0.15, 0.2) is 0 Å². The van der Waals surface area contributed by atoms with Gasteiger partial charge >= 0.3 is 0 Å². The van der Waals surface area contributed by atoms with Gasteiger partial charge in [0.05, 0.1) is 18.7 Å². The molecular formula is C6H12N2O. The van der Waals surface area contributed by atoms with Gasteiger partial charge in [0.25, 0.3) is 0 Å². The van der Waals surface area contributed by atoms with Crippen LogP contribution in [0.25, 0.3) is 0 Å². The van der Waals surface area contributed by atoms with Crippen LogP contribution in [0.15, 0.2) is 0 Å². The average Bonchev–Trinajstić information content (AvgIpc) is 1.87. The van der Waals surface area contributed by atoms with E-state index in [1.165, 1.54) is 0 Å². The average molecular weight is 128 g/mol. The van der Waals surface area contributed by atoms with E-state index in [1.54, 1.807) is 6.92 Å². The van der Waals surface area contributed by atoms with Crippen molar-refractivity contribution in [3.63, 3.8) is 0 Å². The Morgan fingerprint density at radius 2 is 2.22 bits per heavy atom. The summed E-state index contributed by atoms with van der Waals surface area (Å²) in [5.41, 5.74) is 0. The Labute approximate surface area is 55.3 Å². The number of nitrogens with one attached hydrogen (secondary N) is 1. The zero-order chi connectivity index (χ0) is 7.28. The number of aliphatic hydroxyl groups excluding tert-OH is 1. The quantitative estimate of drug-likeness (QED) is 0.556. The maximum atomic E-state index is 8.51. The third kappa shape index (κ3) is 3.95. The van der Waals surface area contributed by atoms with Crippen LogP contribution in [-0.2, 0) is 0 Å². The maximum absolute atomic E-state index is 8.51. The van der Waals surface area contributed by atoms with Crippen LogP contribution in [0, 0.1) is 11.3 Å². The predicted molar refractivity (Wildman–Crippen MR) is 34.8 cm³/mol. The minimum absolute atomic E-state index is 0.0136. The molecule has 0 aliphatic rings. The zero-order valence-corrected chi connectivity index (χ0v) is 5.76. The van der Waals surface area contributed by atoms with Crippen LogP contribution in [0.4, 0.5) is 0 Å². The van der Waals surface area contributed by atoms with Crippen molar-refractivity contribution >= 4 is 0 Å². The van der Waals surface area contributed by atoms with Crippen molar-refractivity contribution in [3.05, 3.63) is 0 Å². The van der Waals surface area contributed by atoms with Gasteiger partial charge in [0.1, 0.15) is 0 Å². The molecule has 0 rings (SSSR count). The molecule has 2 unspecified atom stereocenters. The summed E-state index contributed by atoms with van der Waals surface area (Å²) in [6.07, 6.45) is 0. The normalized spacial score (nSPS) is 16.2. The van der Waals surface area contributed by atoms with Gasteiger partial charge in [-0.05, 0) is 13.8 Å². The minimum Gasteiger partial charge on any atom is -0.395 e. The molecule has 52 valence electrons. The molecule has 0 aliphatic carbocycles. The number of rotatable bonds is 3. The molecule has 0 aromatic rings. The summed E-state index contributed by atoms with van der Waals surface area (Å²) in [5.74, 6) is 0. The van der Waals surface area contributed by atoms with E-state index in [4.69, 9.17) is 10.4 Å². The zero-order valence-electron chi connectivity index (χ0n) is 5.76. The third-order valence-electron chi connectivity index (χ3n) is 1.00. The van der Waals surface area contributed by atoms with E-state index in [-0.39, 0.29) is 18.7 Å². The van der Waals surface area contributed by atoms with Gasteiger partial charge in [0, 0.05) is 6.04 Å². The van der Waals surface area contributed by atoms with Crippen LogP contribution >= 0.6 is 0 Å². The van der Waals surface area contributed by atoms with E-state index < -0.39 is 0 Å². The van der Waals surface area contributed by atoms with Gasteiger partial charge < -0.3 is 5.11 Å². The van der Waals surface area contributed by atoms with Crippen molar-refractivity contribution < 1.29 is 5.11 Å². The van der Waals surface area contributed by atoms with Gasteiger partial charge in [-0.25, -0.2) is 0 Å². The Bertz CT molecular complexity index is 108. The highest BCUT2D eigenvalue weighted by Gasteiger charge is 2.02. The Balaban J connectivity index is 3.37. The highest BCUT2D eigenvalue weighted by atomic mass is 16.3. The van der Waals surface area contributed by atoms with Gasteiger partial charge in [-0.3, -0.25) is 5.32 Å². The molecule has 0 aromatic carbocycles. The fourth-order valence-electron chi connectivity index (χ4n) is 0.517. The van der Waals surface area contributed by atoms with E-state index in [0.29, 0.717) is 0 Å². The molecule has 0 aliphatic heterocycles. The smallest absolute Gasteiger partial charge is 0.0927 e. The number of aliphatic hydroxyl groups is 1. The molecule has 3 heteroatoms. The lowest BCUT2D eigenvalue weighted by Crippen LogP contribution is -2.35. The molecule has 0 saturated carbocycles. The second-order valence-electron chi connectivity index (χ2n) is 2.10. The van der Waals surface area contributed by atoms with Crippen LogP contribution in [0.5, 0.6) is 0 Å². The molecule has 0 fully saturated rings. The summed E-state index contributed by atoms with van der Waals surface area (Å²) in [4.78, 5) is 0. The largest absolute Gasteiger partial charge is 0.395 e. The lowest BCUT2D eigenvalue weighted by molar-refractivity contribution is 0.248. The standard InChI is InChI=1S/C6H12N2O/c1-5(3-7)8-6(2)4-9/h5-6,8-9H,4H2,1-2H3. The highest BCUT2D eigenvalue weighted by Crippen LogP contribution is 1.82. The van der Waals surface area contributed by atoms with E-state index in [2.05, 4.69) is 5.32 Å². The molecule has 0 heterocycles. The second kappa shape index (κ2) is 4.30. The maximum Gasteiger partial charge on any atom is 0.0927 e. The van der Waals surface area contributed by atoms with Crippen molar-refractivity contribution in [3.8, 4) is 6.07 Å². The summed E-state index contributed by atoms with van der Waals surface area (Å²) >= 11 is 0. The molecule has 2 atom stereocenters. The van der Waals surface area contributed by atoms with Crippen LogP contribution in [0.2, 0.25) is 0 Å². The lowest BCUT2D eigenvalue weighted by Gasteiger charge is -2.10. The predicted octanol–water partition coefficient (Wildman–Crippen LogP) is -0.131. The molecule has 0 spiro atoms. The molecule has 3 nitrogen and oxygen atoms in total. The monoisotopic (exact) mass is 128 g/mol. The van der Waals surface area contributed by atoms with Crippen LogP contribution in [0.1, 0.15) is 13.8 Å². The first-order valence-electron chi connectivity index (χ1n) is 2.97. The van der Waals surface area contributed by atoms with Crippen LogP contribution in [0.3, 0.4) is 0 Å². The first kappa shape index (κ1) is 8.41. The van der Waals surface area contributed by atoms with E-state index in [1.807, 2.05) is 13.0 Å².